The Balaban J connectivity index is 2.41. The van der Waals surface area contributed by atoms with Crippen LogP contribution in [0.4, 0.5) is 0 Å². The van der Waals surface area contributed by atoms with E-state index in [1.807, 2.05) is 6.20 Å². The highest BCUT2D eigenvalue weighted by atomic mass is 14.7. The van der Waals surface area contributed by atoms with Gasteiger partial charge >= 0.3 is 0 Å². The average Bonchev–Trinajstić information content (AvgIpc) is 2.36. The highest BCUT2D eigenvalue weighted by Gasteiger charge is 2.16. The quantitative estimate of drug-likeness (QED) is 0.555. The van der Waals surface area contributed by atoms with E-state index in [1.54, 1.807) is 0 Å². The third-order valence-corrected chi connectivity index (χ3v) is 2.23. The Morgan fingerprint density at radius 1 is 1.50 bits per heavy atom. The van der Waals surface area contributed by atoms with E-state index in [2.05, 4.69) is 11.2 Å². The molecule has 1 aliphatic carbocycles. The highest BCUT2D eigenvalue weighted by Crippen LogP contribution is 2.26. The summed E-state index contributed by atoms with van der Waals surface area (Å²) in [7, 11) is 0. The standard InChI is InChI=1S/C8H12N2/c9-8-3-1-2-6-4-10-5-7(6)8/h4-5,8,10H,1-3,9H2. The van der Waals surface area contributed by atoms with Crippen LogP contribution in [0.5, 0.6) is 0 Å². The molecule has 0 amide bonds. The average molecular weight is 136 g/mol. The zero-order valence-electron chi connectivity index (χ0n) is 5.93. The summed E-state index contributed by atoms with van der Waals surface area (Å²) >= 11 is 0. The second kappa shape index (κ2) is 2.13. The van der Waals surface area contributed by atoms with Crippen LogP contribution in [0.1, 0.15) is 30.0 Å². The Hall–Kier alpha value is -0.760. The fourth-order valence-electron chi connectivity index (χ4n) is 1.64. The van der Waals surface area contributed by atoms with Gasteiger partial charge in [0.1, 0.15) is 0 Å². The van der Waals surface area contributed by atoms with Gasteiger partial charge in [-0.2, -0.15) is 0 Å². The van der Waals surface area contributed by atoms with Gasteiger partial charge in [0.25, 0.3) is 0 Å². The van der Waals surface area contributed by atoms with Crippen molar-refractivity contribution in [3.63, 3.8) is 0 Å². The van der Waals surface area contributed by atoms with E-state index >= 15 is 0 Å². The van der Waals surface area contributed by atoms with Crippen molar-refractivity contribution in [2.45, 2.75) is 25.3 Å². The first-order valence-corrected chi connectivity index (χ1v) is 3.79. The summed E-state index contributed by atoms with van der Waals surface area (Å²) in [4.78, 5) is 3.09. The van der Waals surface area contributed by atoms with Crippen molar-refractivity contribution in [2.75, 3.05) is 0 Å². The van der Waals surface area contributed by atoms with Gasteiger partial charge in [-0.3, -0.25) is 0 Å². The lowest BCUT2D eigenvalue weighted by molar-refractivity contribution is 0.574. The summed E-state index contributed by atoms with van der Waals surface area (Å²) in [6, 6.07) is 0.287. The molecule has 1 atom stereocenters. The largest absolute Gasteiger partial charge is 0.367 e. The second-order valence-electron chi connectivity index (χ2n) is 2.93. The number of aromatic nitrogens is 1. The van der Waals surface area contributed by atoms with E-state index in [4.69, 9.17) is 5.73 Å². The molecule has 0 fully saturated rings. The van der Waals surface area contributed by atoms with Gasteiger partial charge < -0.3 is 10.7 Å². The van der Waals surface area contributed by atoms with Gasteiger partial charge in [-0.15, -0.1) is 0 Å². The second-order valence-corrected chi connectivity index (χ2v) is 2.93. The van der Waals surface area contributed by atoms with Crippen LogP contribution in [0.2, 0.25) is 0 Å². The Kier molecular flexibility index (Phi) is 1.27. The first-order chi connectivity index (χ1) is 4.88. The summed E-state index contributed by atoms with van der Waals surface area (Å²) in [5.74, 6) is 0. The molecule has 10 heavy (non-hydrogen) atoms. The summed E-state index contributed by atoms with van der Waals surface area (Å²) < 4.78 is 0. The molecular formula is C8H12N2. The Morgan fingerprint density at radius 2 is 2.40 bits per heavy atom. The van der Waals surface area contributed by atoms with E-state index < -0.39 is 0 Å². The number of aromatic amines is 1. The van der Waals surface area contributed by atoms with Crippen LogP contribution >= 0.6 is 0 Å². The van der Waals surface area contributed by atoms with Crippen molar-refractivity contribution in [3.05, 3.63) is 23.5 Å². The molecule has 2 rings (SSSR count). The van der Waals surface area contributed by atoms with Crippen molar-refractivity contribution in [3.8, 4) is 0 Å². The molecule has 1 aromatic heterocycles. The summed E-state index contributed by atoms with van der Waals surface area (Å²) in [5.41, 5.74) is 8.61. The van der Waals surface area contributed by atoms with Crippen LogP contribution in [-0.4, -0.2) is 4.98 Å². The van der Waals surface area contributed by atoms with Gasteiger partial charge in [0, 0.05) is 18.4 Å². The topological polar surface area (TPSA) is 41.8 Å². The van der Waals surface area contributed by atoms with Crippen LogP contribution in [0.15, 0.2) is 12.4 Å². The molecule has 0 radical (unpaired) electrons. The van der Waals surface area contributed by atoms with Crippen LogP contribution in [-0.2, 0) is 6.42 Å². The smallest absolute Gasteiger partial charge is 0.0312 e. The van der Waals surface area contributed by atoms with Crippen LogP contribution in [0.3, 0.4) is 0 Å². The number of H-pyrrole nitrogens is 1. The number of fused-ring (bicyclic) bond motifs is 1. The minimum absolute atomic E-state index is 0.287. The monoisotopic (exact) mass is 136 g/mol. The van der Waals surface area contributed by atoms with E-state index in [9.17, 15) is 0 Å². The molecule has 0 spiro atoms. The fourth-order valence-corrected chi connectivity index (χ4v) is 1.64. The molecule has 2 heteroatoms. The van der Waals surface area contributed by atoms with E-state index in [1.165, 1.54) is 24.0 Å². The minimum atomic E-state index is 0.287. The molecule has 0 aliphatic heterocycles. The van der Waals surface area contributed by atoms with Gasteiger partial charge in [-0.1, -0.05) is 0 Å². The Bertz CT molecular complexity index is 227. The summed E-state index contributed by atoms with van der Waals surface area (Å²) in [5, 5.41) is 0. The van der Waals surface area contributed by atoms with E-state index in [0.29, 0.717) is 0 Å². The molecule has 1 unspecified atom stereocenters. The molecule has 1 aromatic rings. The minimum Gasteiger partial charge on any atom is -0.367 e. The van der Waals surface area contributed by atoms with Gasteiger partial charge in [0.2, 0.25) is 0 Å². The van der Waals surface area contributed by atoms with Gasteiger partial charge in [0.15, 0.2) is 0 Å². The maximum Gasteiger partial charge on any atom is 0.0312 e. The molecule has 0 aromatic carbocycles. The molecule has 54 valence electrons. The zero-order valence-corrected chi connectivity index (χ0v) is 5.93. The number of aryl methyl sites for hydroxylation is 1. The molecule has 1 aliphatic rings. The maximum atomic E-state index is 5.87. The van der Waals surface area contributed by atoms with Crippen LogP contribution < -0.4 is 5.73 Å². The maximum absolute atomic E-state index is 5.87. The lowest BCUT2D eigenvalue weighted by atomic mass is 9.92. The molecule has 1 heterocycles. The first-order valence-electron chi connectivity index (χ1n) is 3.79. The molecule has 0 saturated heterocycles. The molecule has 3 N–H and O–H groups in total. The normalized spacial score (nSPS) is 24.3. The molecule has 0 saturated carbocycles. The Labute approximate surface area is 60.4 Å². The van der Waals surface area contributed by atoms with Gasteiger partial charge in [-0.05, 0) is 30.4 Å². The van der Waals surface area contributed by atoms with E-state index in [0.717, 1.165) is 6.42 Å². The number of nitrogens with two attached hydrogens (primary N) is 1. The predicted octanol–water partition coefficient (Wildman–Crippen LogP) is 1.35. The van der Waals surface area contributed by atoms with E-state index in [-0.39, 0.29) is 6.04 Å². The number of hydrogen-bond acceptors (Lipinski definition) is 1. The Morgan fingerprint density at radius 3 is 3.20 bits per heavy atom. The van der Waals surface area contributed by atoms with Crippen LogP contribution in [0.25, 0.3) is 0 Å². The number of hydrogen-bond donors (Lipinski definition) is 2. The molecule has 2 nitrogen and oxygen atoms in total. The van der Waals surface area contributed by atoms with Crippen molar-refractivity contribution in [1.82, 2.24) is 4.98 Å². The van der Waals surface area contributed by atoms with Crippen LogP contribution in [0, 0.1) is 0 Å². The third kappa shape index (κ3) is 0.762. The lowest BCUT2D eigenvalue weighted by Gasteiger charge is -2.17. The molecule has 0 bridgehead atoms. The predicted molar refractivity (Wildman–Crippen MR) is 40.7 cm³/mol. The highest BCUT2D eigenvalue weighted by molar-refractivity contribution is 5.28. The summed E-state index contributed by atoms with van der Waals surface area (Å²) in [6.07, 6.45) is 7.68. The zero-order chi connectivity index (χ0) is 6.97. The first kappa shape index (κ1) is 5.98. The van der Waals surface area contributed by atoms with Crippen molar-refractivity contribution in [2.24, 2.45) is 5.73 Å². The lowest BCUT2D eigenvalue weighted by Crippen LogP contribution is -2.15. The van der Waals surface area contributed by atoms with Crippen molar-refractivity contribution >= 4 is 0 Å². The van der Waals surface area contributed by atoms with Crippen molar-refractivity contribution < 1.29 is 0 Å². The number of rotatable bonds is 0. The van der Waals surface area contributed by atoms with Crippen molar-refractivity contribution in [1.29, 1.82) is 0 Å². The number of nitrogens with one attached hydrogen (secondary N) is 1. The fraction of sp³-hybridized carbons (Fsp3) is 0.500. The third-order valence-electron chi connectivity index (χ3n) is 2.23. The SMILES string of the molecule is NC1CCCc2c[nH]cc21. The van der Waals surface area contributed by atoms with Gasteiger partial charge in [-0.25, -0.2) is 0 Å². The van der Waals surface area contributed by atoms with Gasteiger partial charge in [0.05, 0.1) is 0 Å². The molecular weight excluding hydrogens is 124 g/mol. The summed E-state index contributed by atoms with van der Waals surface area (Å²) in [6.45, 7) is 0.